The van der Waals surface area contributed by atoms with E-state index in [0.717, 1.165) is 6.42 Å². The quantitative estimate of drug-likeness (QED) is 0.569. The van der Waals surface area contributed by atoms with Gasteiger partial charge in [-0.05, 0) is 18.4 Å². The lowest BCUT2D eigenvalue weighted by atomic mass is 9.87. The maximum absolute atomic E-state index is 11.3. The van der Waals surface area contributed by atoms with Crippen LogP contribution in [0.25, 0.3) is 0 Å². The van der Waals surface area contributed by atoms with E-state index < -0.39 is 0 Å². The molecule has 64 valence electrons. The minimum atomic E-state index is 0.137. The van der Waals surface area contributed by atoms with Crippen molar-refractivity contribution in [3.63, 3.8) is 0 Å². The number of hydrogen-bond acceptors (Lipinski definition) is 1. The van der Waals surface area contributed by atoms with Crippen LogP contribution in [0.5, 0.6) is 0 Å². The lowest BCUT2D eigenvalue weighted by Gasteiger charge is -2.16. The fraction of sp³-hybridized carbons (Fsp3) is 0.700. The van der Waals surface area contributed by atoms with Gasteiger partial charge in [-0.1, -0.05) is 33.8 Å². The molecule has 11 heavy (non-hydrogen) atoms. The highest BCUT2D eigenvalue weighted by Gasteiger charge is 2.18. The van der Waals surface area contributed by atoms with Crippen LogP contribution < -0.4 is 0 Å². The normalized spacial score (nSPS) is 15.6. The molecule has 0 aromatic heterocycles. The first-order chi connectivity index (χ1) is 5.00. The van der Waals surface area contributed by atoms with Crippen LogP contribution in [-0.2, 0) is 4.79 Å². The Labute approximate surface area is 69.5 Å². The highest BCUT2D eigenvalue weighted by Crippen LogP contribution is 2.17. The van der Waals surface area contributed by atoms with Crippen molar-refractivity contribution in [2.24, 2.45) is 11.8 Å². The molecule has 0 bridgehead atoms. The summed E-state index contributed by atoms with van der Waals surface area (Å²) in [6.07, 6.45) is 1.06. The molecule has 0 N–H and O–H groups in total. The number of carbonyl (C=O) groups excluding carboxylic acids is 1. The maximum Gasteiger partial charge on any atom is 0.161 e. The lowest BCUT2D eigenvalue weighted by Crippen LogP contribution is -2.18. The monoisotopic (exact) mass is 154 g/mol. The van der Waals surface area contributed by atoms with Gasteiger partial charge in [-0.25, -0.2) is 0 Å². The minimum Gasteiger partial charge on any atom is -0.294 e. The average molecular weight is 154 g/mol. The van der Waals surface area contributed by atoms with Crippen molar-refractivity contribution in [1.29, 1.82) is 0 Å². The van der Waals surface area contributed by atoms with Crippen molar-refractivity contribution in [3.8, 4) is 0 Å². The van der Waals surface area contributed by atoms with Crippen LogP contribution >= 0.6 is 0 Å². The van der Waals surface area contributed by atoms with E-state index in [-0.39, 0.29) is 11.7 Å². The smallest absolute Gasteiger partial charge is 0.161 e. The molecule has 0 radical (unpaired) electrons. The van der Waals surface area contributed by atoms with Gasteiger partial charge in [0.25, 0.3) is 0 Å². The summed E-state index contributed by atoms with van der Waals surface area (Å²) in [6, 6.07) is 0. The molecule has 0 amide bonds. The van der Waals surface area contributed by atoms with Gasteiger partial charge < -0.3 is 0 Å². The van der Waals surface area contributed by atoms with Crippen molar-refractivity contribution in [2.75, 3.05) is 0 Å². The number of carbonyl (C=O) groups is 1. The van der Waals surface area contributed by atoms with Crippen LogP contribution in [0.1, 0.15) is 34.1 Å². The number of ketones is 1. The van der Waals surface area contributed by atoms with Gasteiger partial charge in [-0.2, -0.15) is 0 Å². The van der Waals surface area contributed by atoms with Gasteiger partial charge in [0.1, 0.15) is 0 Å². The molecule has 1 nitrogen and oxygen atoms in total. The zero-order valence-corrected chi connectivity index (χ0v) is 7.98. The van der Waals surface area contributed by atoms with E-state index in [2.05, 4.69) is 20.4 Å². The molecule has 0 aliphatic carbocycles. The van der Waals surface area contributed by atoms with E-state index in [4.69, 9.17) is 0 Å². The third-order valence-corrected chi connectivity index (χ3v) is 2.33. The van der Waals surface area contributed by atoms with Gasteiger partial charge >= 0.3 is 0 Å². The third-order valence-electron chi connectivity index (χ3n) is 2.33. The first-order valence-corrected chi connectivity index (χ1v) is 4.20. The Morgan fingerprint density at radius 3 is 2.18 bits per heavy atom. The van der Waals surface area contributed by atoms with E-state index in [0.29, 0.717) is 11.5 Å². The Morgan fingerprint density at radius 1 is 1.45 bits per heavy atom. The third kappa shape index (κ3) is 2.87. The highest BCUT2D eigenvalue weighted by molar-refractivity contribution is 5.95. The van der Waals surface area contributed by atoms with Crippen LogP contribution in [0.3, 0.4) is 0 Å². The topological polar surface area (TPSA) is 17.1 Å². The summed E-state index contributed by atoms with van der Waals surface area (Å²) in [4.78, 5) is 11.3. The first kappa shape index (κ1) is 10.4. The van der Waals surface area contributed by atoms with Crippen molar-refractivity contribution < 1.29 is 4.79 Å². The summed E-state index contributed by atoms with van der Waals surface area (Å²) >= 11 is 0. The van der Waals surface area contributed by atoms with Gasteiger partial charge in [-0.15, -0.1) is 0 Å². The number of Topliss-reactive ketones (excluding diaryl/α,β-unsaturated/α-hetero) is 1. The molecule has 0 aromatic rings. The van der Waals surface area contributed by atoms with Crippen molar-refractivity contribution in [1.82, 2.24) is 0 Å². The summed E-state index contributed by atoms with van der Waals surface area (Å²) < 4.78 is 0. The Kier molecular flexibility index (Phi) is 4.09. The van der Waals surface area contributed by atoms with Gasteiger partial charge in [0.05, 0.1) is 0 Å². The van der Waals surface area contributed by atoms with E-state index >= 15 is 0 Å². The van der Waals surface area contributed by atoms with Crippen molar-refractivity contribution in [3.05, 3.63) is 12.2 Å². The summed E-state index contributed by atoms with van der Waals surface area (Å²) in [5, 5.41) is 0. The summed E-state index contributed by atoms with van der Waals surface area (Å²) in [7, 11) is 0. The molecular weight excluding hydrogens is 136 g/mol. The van der Waals surface area contributed by atoms with E-state index in [1.54, 1.807) is 6.92 Å². The van der Waals surface area contributed by atoms with Crippen molar-refractivity contribution in [2.45, 2.75) is 34.1 Å². The fourth-order valence-electron chi connectivity index (χ4n) is 1.00. The first-order valence-electron chi connectivity index (χ1n) is 4.20. The molecule has 0 spiro atoms. The van der Waals surface area contributed by atoms with Gasteiger partial charge in [0.15, 0.2) is 5.78 Å². The molecule has 1 heteroatoms. The largest absolute Gasteiger partial charge is 0.294 e. The number of rotatable bonds is 4. The molecule has 0 heterocycles. The predicted octanol–water partition coefficient (Wildman–Crippen LogP) is 2.81. The summed E-state index contributed by atoms with van der Waals surface area (Å²) in [6.45, 7) is 11.6. The molecule has 0 aromatic carbocycles. The van der Waals surface area contributed by atoms with Crippen LogP contribution in [-0.4, -0.2) is 5.78 Å². The Balaban J connectivity index is 4.13. The Bertz CT molecular complexity index is 158. The lowest BCUT2D eigenvalue weighted by molar-refractivity contribution is -0.120. The molecule has 0 saturated heterocycles. The summed E-state index contributed by atoms with van der Waals surface area (Å²) in [5.41, 5.74) is 0.679. The standard InChI is InChI=1S/C10H18O/c1-6-8(4)9(5)10(11)7(2)3/h8-9H,2,6H2,1,3-5H3. The van der Waals surface area contributed by atoms with Gasteiger partial charge in [0, 0.05) is 5.92 Å². The van der Waals surface area contributed by atoms with Crippen LogP contribution in [0.15, 0.2) is 12.2 Å². The van der Waals surface area contributed by atoms with Gasteiger partial charge in [-0.3, -0.25) is 4.79 Å². The van der Waals surface area contributed by atoms with Crippen molar-refractivity contribution >= 4 is 5.78 Å². The second-order valence-electron chi connectivity index (χ2n) is 3.32. The Hall–Kier alpha value is -0.590. The SMILES string of the molecule is C=C(C)C(=O)C(C)C(C)CC. The molecule has 0 aliphatic heterocycles. The highest BCUT2D eigenvalue weighted by atomic mass is 16.1. The molecule has 0 rings (SSSR count). The van der Waals surface area contributed by atoms with E-state index in [1.807, 2.05) is 6.92 Å². The summed E-state index contributed by atoms with van der Waals surface area (Å²) in [5.74, 6) is 0.816. The zero-order valence-electron chi connectivity index (χ0n) is 7.98. The second kappa shape index (κ2) is 4.32. The molecular formula is C10H18O. The number of allylic oxidation sites excluding steroid dienone is 1. The maximum atomic E-state index is 11.3. The second-order valence-corrected chi connectivity index (χ2v) is 3.32. The van der Waals surface area contributed by atoms with Crippen LogP contribution in [0, 0.1) is 11.8 Å². The molecule has 0 aliphatic rings. The van der Waals surface area contributed by atoms with E-state index in [1.165, 1.54) is 0 Å². The minimum absolute atomic E-state index is 0.137. The molecule has 2 unspecified atom stereocenters. The zero-order chi connectivity index (χ0) is 9.02. The average Bonchev–Trinajstić information content (AvgIpc) is 2.00. The van der Waals surface area contributed by atoms with Crippen LogP contribution in [0.4, 0.5) is 0 Å². The Morgan fingerprint density at radius 2 is 1.91 bits per heavy atom. The molecule has 2 atom stereocenters. The molecule has 0 saturated carbocycles. The van der Waals surface area contributed by atoms with Gasteiger partial charge in [0.2, 0.25) is 0 Å². The predicted molar refractivity (Wildman–Crippen MR) is 48.4 cm³/mol. The van der Waals surface area contributed by atoms with Crippen LogP contribution in [0.2, 0.25) is 0 Å². The van der Waals surface area contributed by atoms with E-state index in [9.17, 15) is 4.79 Å². The molecule has 0 fully saturated rings. The number of hydrogen-bond donors (Lipinski definition) is 0. The fourth-order valence-corrected chi connectivity index (χ4v) is 1.00.